The van der Waals surface area contributed by atoms with Crippen LogP contribution in [-0.2, 0) is 11.2 Å². The molecule has 1 aromatic carbocycles. The quantitative estimate of drug-likeness (QED) is 0.857. The van der Waals surface area contributed by atoms with Crippen molar-refractivity contribution in [1.82, 2.24) is 5.32 Å². The van der Waals surface area contributed by atoms with Crippen LogP contribution >= 0.6 is 12.4 Å². The molecule has 0 saturated carbocycles. The van der Waals surface area contributed by atoms with E-state index in [1.54, 1.807) is 11.0 Å². The van der Waals surface area contributed by atoms with Gasteiger partial charge in [0.1, 0.15) is 5.82 Å². The number of amides is 1. The van der Waals surface area contributed by atoms with Gasteiger partial charge in [0, 0.05) is 18.8 Å². The molecule has 3 nitrogen and oxygen atoms in total. The van der Waals surface area contributed by atoms with Crippen molar-refractivity contribution in [1.29, 1.82) is 0 Å². The van der Waals surface area contributed by atoms with Crippen molar-refractivity contribution in [2.75, 3.05) is 24.5 Å². The summed E-state index contributed by atoms with van der Waals surface area (Å²) in [4.78, 5) is 14.4. The molecule has 1 saturated heterocycles. The molecule has 3 rings (SSSR count). The molecule has 2 aliphatic heterocycles. The third kappa shape index (κ3) is 2.35. The summed E-state index contributed by atoms with van der Waals surface area (Å²) < 4.78 is 13.3. The fourth-order valence-corrected chi connectivity index (χ4v) is 2.89. The first-order valence-corrected chi connectivity index (χ1v) is 6.41. The Morgan fingerprint density at radius 3 is 2.95 bits per heavy atom. The van der Waals surface area contributed by atoms with Crippen LogP contribution in [0.15, 0.2) is 18.2 Å². The minimum Gasteiger partial charge on any atom is -0.316 e. The van der Waals surface area contributed by atoms with Crippen LogP contribution in [-0.4, -0.2) is 25.5 Å². The van der Waals surface area contributed by atoms with Crippen molar-refractivity contribution < 1.29 is 9.18 Å². The molecule has 1 atom stereocenters. The van der Waals surface area contributed by atoms with E-state index in [-0.39, 0.29) is 29.5 Å². The van der Waals surface area contributed by atoms with E-state index in [2.05, 4.69) is 5.32 Å². The van der Waals surface area contributed by atoms with E-state index in [9.17, 15) is 9.18 Å². The van der Waals surface area contributed by atoms with Gasteiger partial charge >= 0.3 is 0 Å². The monoisotopic (exact) mass is 284 g/mol. The topological polar surface area (TPSA) is 32.3 Å². The van der Waals surface area contributed by atoms with Crippen LogP contribution in [0.5, 0.6) is 0 Å². The van der Waals surface area contributed by atoms with Crippen molar-refractivity contribution in [2.45, 2.75) is 19.8 Å². The zero-order valence-corrected chi connectivity index (χ0v) is 11.7. The number of rotatable bonds is 1. The van der Waals surface area contributed by atoms with E-state index >= 15 is 0 Å². The Morgan fingerprint density at radius 1 is 1.47 bits per heavy atom. The van der Waals surface area contributed by atoms with Crippen LogP contribution in [0.3, 0.4) is 0 Å². The van der Waals surface area contributed by atoms with Crippen molar-refractivity contribution in [3.05, 3.63) is 29.6 Å². The number of carbonyl (C=O) groups is 1. The van der Waals surface area contributed by atoms with Crippen LogP contribution in [0.1, 0.15) is 18.9 Å². The Labute approximate surface area is 118 Å². The highest BCUT2D eigenvalue weighted by Gasteiger charge is 2.41. The van der Waals surface area contributed by atoms with E-state index in [0.29, 0.717) is 13.1 Å². The Hall–Kier alpha value is -1.13. The molecule has 0 bridgehead atoms. The molecule has 1 amide bonds. The Kier molecular flexibility index (Phi) is 3.83. The minimum absolute atomic E-state index is 0. The lowest BCUT2D eigenvalue weighted by Gasteiger charge is -2.28. The maximum atomic E-state index is 13.3. The lowest BCUT2D eigenvalue weighted by atomic mass is 9.88. The third-order valence-corrected chi connectivity index (χ3v) is 4.07. The zero-order chi connectivity index (χ0) is 12.8. The molecule has 1 unspecified atom stereocenters. The van der Waals surface area contributed by atoms with Gasteiger partial charge in [0.05, 0.1) is 5.41 Å². The van der Waals surface area contributed by atoms with Crippen LogP contribution in [0.25, 0.3) is 0 Å². The van der Waals surface area contributed by atoms with Crippen molar-refractivity contribution >= 4 is 24.0 Å². The highest BCUT2D eigenvalue weighted by molar-refractivity contribution is 5.99. The number of fused-ring (bicyclic) bond motifs is 1. The largest absolute Gasteiger partial charge is 0.316 e. The van der Waals surface area contributed by atoms with E-state index in [4.69, 9.17) is 0 Å². The van der Waals surface area contributed by atoms with Gasteiger partial charge in [0.15, 0.2) is 0 Å². The van der Waals surface area contributed by atoms with Gasteiger partial charge in [-0.25, -0.2) is 4.39 Å². The number of nitrogens with one attached hydrogen (secondary N) is 1. The summed E-state index contributed by atoms with van der Waals surface area (Å²) in [5.41, 5.74) is 1.49. The predicted octanol–water partition coefficient (Wildman–Crippen LogP) is 2.14. The van der Waals surface area contributed by atoms with Crippen LogP contribution < -0.4 is 10.2 Å². The normalized spacial score (nSPS) is 25.1. The number of halogens is 2. The van der Waals surface area contributed by atoms with Crippen LogP contribution in [0, 0.1) is 11.2 Å². The summed E-state index contributed by atoms with van der Waals surface area (Å²) >= 11 is 0. The van der Waals surface area contributed by atoms with Crippen molar-refractivity contribution in [3.8, 4) is 0 Å². The number of nitrogens with zero attached hydrogens (tertiary/aromatic N) is 1. The molecule has 19 heavy (non-hydrogen) atoms. The lowest BCUT2D eigenvalue weighted by Crippen LogP contribution is -2.43. The number of carbonyl (C=O) groups excluding carboxylic acids is 1. The average Bonchev–Trinajstić information content (AvgIpc) is 2.95. The molecule has 2 aliphatic rings. The van der Waals surface area contributed by atoms with Gasteiger partial charge < -0.3 is 10.2 Å². The molecule has 2 heterocycles. The standard InChI is InChI=1S/C14H17FN2O.ClH/c1-14(5-6-16-9-14)13(18)17-7-4-10-2-3-11(15)8-12(10)17;/h2-3,8,16H,4-7,9H2,1H3;1H. The SMILES string of the molecule is CC1(C(=O)N2CCc3ccc(F)cc32)CCNC1.Cl. The average molecular weight is 285 g/mol. The molecule has 5 heteroatoms. The van der Waals surface area contributed by atoms with E-state index < -0.39 is 0 Å². The van der Waals surface area contributed by atoms with Gasteiger partial charge in [0.2, 0.25) is 5.91 Å². The predicted molar refractivity (Wildman–Crippen MR) is 75.3 cm³/mol. The first-order chi connectivity index (χ1) is 8.60. The molecule has 1 N–H and O–H groups in total. The van der Waals surface area contributed by atoms with Gasteiger partial charge in [-0.15, -0.1) is 12.4 Å². The summed E-state index contributed by atoms with van der Waals surface area (Å²) in [7, 11) is 0. The first-order valence-electron chi connectivity index (χ1n) is 6.41. The van der Waals surface area contributed by atoms with Gasteiger partial charge in [-0.2, -0.15) is 0 Å². The summed E-state index contributed by atoms with van der Waals surface area (Å²) in [5.74, 6) is -0.153. The van der Waals surface area contributed by atoms with E-state index in [0.717, 1.165) is 30.6 Å². The number of hydrogen-bond donors (Lipinski definition) is 1. The molecular formula is C14H18ClFN2O. The van der Waals surface area contributed by atoms with Gasteiger partial charge in [-0.3, -0.25) is 4.79 Å². The van der Waals surface area contributed by atoms with E-state index in [1.807, 2.05) is 6.92 Å². The molecule has 0 aliphatic carbocycles. The molecule has 0 aromatic heterocycles. The molecule has 0 radical (unpaired) electrons. The molecular weight excluding hydrogens is 267 g/mol. The number of benzene rings is 1. The second kappa shape index (κ2) is 5.10. The molecule has 0 spiro atoms. The minimum atomic E-state index is -0.339. The van der Waals surface area contributed by atoms with Crippen LogP contribution in [0.2, 0.25) is 0 Å². The van der Waals surface area contributed by atoms with E-state index in [1.165, 1.54) is 12.1 Å². The maximum Gasteiger partial charge on any atom is 0.234 e. The van der Waals surface area contributed by atoms with Gasteiger partial charge in [0.25, 0.3) is 0 Å². The Bertz CT molecular complexity index is 500. The fourth-order valence-electron chi connectivity index (χ4n) is 2.89. The summed E-state index contributed by atoms with van der Waals surface area (Å²) in [6, 6.07) is 4.73. The fraction of sp³-hybridized carbons (Fsp3) is 0.500. The van der Waals surface area contributed by atoms with Crippen molar-refractivity contribution in [2.24, 2.45) is 5.41 Å². The van der Waals surface area contributed by atoms with Crippen LogP contribution in [0.4, 0.5) is 10.1 Å². The Balaban J connectivity index is 0.00000133. The second-order valence-electron chi connectivity index (χ2n) is 5.47. The zero-order valence-electron chi connectivity index (χ0n) is 10.9. The molecule has 1 aromatic rings. The highest BCUT2D eigenvalue weighted by Crippen LogP contribution is 2.35. The molecule has 1 fully saturated rings. The first kappa shape index (κ1) is 14.3. The smallest absolute Gasteiger partial charge is 0.234 e. The lowest BCUT2D eigenvalue weighted by molar-refractivity contribution is -0.126. The summed E-state index contributed by atoms with van der Waals surface area (Å²) in [6.07, 6.45) is 1.68. The van der Waals surface area contributed by atoms with Gasteiger partial charge in [-0.05, 0) is 44.0 Å². The summed E-state index contributed by atoms with van der Waals surface area (Å²) in [5, 5.41) is 3.23. The second-order valence-corrected chi connectivity index (χ2v) is 5.47. The third-order valence-electron chi connectivity index (χ3n) is 4.07. The number of anilines is 1. The molecule has 104 valence electrons. The van der Waals surface area contributed by atoms with Crippen molar-refractivity contribution in [3.63, 3.8) is 0 Å². The number of hydrogen-bond acceptors (Lipinski definition) is 2. The Morgan fingerprint density at radius 2 is 2.26 bits per heavy atom. The van der Waals surface area contributed by atoms with Gasteiger partial charge in [-0.1, -0.05) is 6.07 Å². The summed E-state index contributed by atoms with van der Waals surface area (Å²) in [6.45, 7) is 4.26. The maximum absolute atomic E-state index is 13.3. The highest BCUT2D eigenvalue weighted by atomic mass is 35.5.